The summed E-state index contributed by atoms with van der Waals surface area (Å²) in [5.74, 6) is 0.118. The van der Waals surface area contributed by atoms with Gasteiger partial charge in [-0.1, -0.05) is 38.1 Å². The molecule has 5 heteroatoms. The average Bonchev–Trinajstić information content (AvgIpc) is 3.11. The Hall–Kier alpha value is -2.14. The molecule has 0 fully saturated rings. The van der Waals surface area contributed by atoms with Crippen molar-refractivity contribution in [2.24, 2.45) is 5.92 Å². The van der Waals surface area contributed by atoms with Gasteiger partial charge in [-0.2, -0.15) is 0 Å². The number of nitrogens with one attached hydrogen (secondary N) is 1. The van der Waals surface area contributed by atoms with E-state index in [9.17, 15) is 9.59 Å². The van der Waals surface area contributed by atoms with Crippen LogP contribution in [0.25, 0.3) is 0 Å². The molecule has 25 heavy (non-hydrogen) atoms. The van der Waals surface area contributed by atoms with Crippen molar-refractivity contribution in [3.05, 3.63) is 57.8 Å². The Morgan fingerprint density at radius 3 is 2.68 bits per heavy atom. The van der Waals surface area contributed by atoms with Gasteiger partial charge in [-0.3, -0.25) is 9.59 Å². The molecule has 0 saturated heterocycles. The minimum atomic E-state index is -0.385. The smallest absolute Gasteiger partial charge is 0.254 e. The Labute approximate surface area is 152 Å². The van der Waals surface area contributed by atoms with E-state index in [1.165, 1.54) is 0 Å². The quantitative estimate of drug-likeness (QED) is 0.885. The second-order valence-electron chi connectivity index (χ2n) is 6.91. The topological polar surface area (TPSA) is 49.4 Å². The zero-order chi connectivity index (χ0) is 18.0. The Bertz CT molecular complexity index is 755. The number of amides is 2. The number of nitrogens with zero attached hydrogens (tertiary/aromatic N) is 1. The van der Waals surface area contributed by atoms with Crippen LogP contribution in [-0.2, 0) is 4.79 Å². The first kappa shape index (κ1) is 17.7. The van der Waals surface area contributed by atoms with Gasteiger partial charge in [0.25, 0.3) is 5.91 Å². The van der Waals surface area contributed by atoms with Gasteiger partial charge in [-0.25, -0.2) is 0 Å². The number of rotatable bonds is 5. The molecule has 1 aliphatic rings. The van der Waals surface area contributed by atoms with E-state index in [1.54, 1.807) is 23.3 Å². The maximum absolute atomic E-state index is 13.1. The predicted molar refractivity (Wildman–Crippen MR) is 101 cm³/mol. The van der Waals surface area contributed by atoms with Crippen LogP contribution in [-0.4, -0.2) is 30.3 Å². The number of carbonyl (C=O) groups is 2. The third-order valence-electron chi connectivity index (χ3n) is 4.72. The summed E-state index contributed by atoms with van der Waals surface area (Å²) >= 11 is 1.59. The maximum Gasteiger partial charge on any atom is 0.254 e. The van der Waals surface area contributed by atoms with Crippen molar-refractivity contribution < 1.29 is 9.59 Å². The molecule has 1 N–H and O–H groups in total. The molecule has 2 heterocycles. The second kappa shape index (κ2) is 7.40. The number of likely N-dealkylation sites (N-methyl/N-ethyl adjacent to an activating group) is 1. The number of carbonyl (C=O) groups excluding carboxylic acids is 2. The van der Waals surface area contributed by atoms with Gasteiger partial charge in [-0.15, -0.1) is 11.3 Å². The van der Waals surface area contributed by atoms with Crippen molar-refractivity contribution in [3.8, 4) is 0 Å². The van der Waals surface area contributed by atoms with Gasteiger partial charge in [0.15, 0.2) is 0 Å². The third-order valence-corrected chi connectivity index (χ3v) is 5.66. The molecule has 2 atom stereocenters. The second-order valence-corrected chi connectivity index (χ2v) is 7.89. The number of hydrogen-bond donors (Lipinski definition) is 1. The van der Waals surface area contributed by atoms with Crippen LogP contribution in [0.3, 0.4) is 0 Å². The molecule has 132 valence electrons. The number of benzene rings is 1. The van der Waals surface area contributed by atoms with Crippen molar-refractivity contribution in [1.82, 2.24) is 10.2 Å². The van der Waals surface area contributed by atoms with Gasteiger partial charge >= 0.3 is 0 Å². The van der Waals surface area contributed by atoms with Crippen molar-refractivity contribution in [1.29, 1.82) is 0 Å². The minimum absolute atomic E-state index is 0.00847. The van der Waals surface area contributed by atoms with Crippen LogP contribution < -0.4 is 5.32 Å². The lowest BCUT2D eigenvalue weighted by Gasteiger charge is -2.39. The normalized spacial score (nSPS) is 19.8. The average molecular weight is 356 g/mol. The first-order valence-electron chi connectivity index (χ1n) is 8.68. The summed E-state index contributed by atoms with van der Waals surface area (Å²) in [6, 6.07) is 11.2. The molecule has 4 nitrogen and oxygen atoms in total. The molecular formula is C20H24N2O2S. The fourth-order valence-corrected chi connectivity index (χ4v) is 4.27. The SMILES string of the molecule is CC(C)CCNC(=O)C1c2ccccc2C(=O)N(C)C1c1cccs1. The van der Waals surface area contributed by atoms with E-state index in [-0.39, 0.29) is 23.8 Å². The van der Waals surface area contributed by atoms with Crippen LogP contribution in [0, 0.1) is 5.92 Å². The Morgan fingerprint density at radius 1 is 1.24 bits per heavy atom. The molecule has 3 rings (SSSR count). The predicted octanol–water partition coefficient (Wildman–Crippen LogP) is 3.82. The molecule has 1 aromatic carbocycles. The molecule has 0 aliphatic carbocycles. The van der Waals surface area contributed by atoms with E-state index in [1.807, 2.05) is 41.8 Å². The zero-order valence-electron chi connectivity index (χ0n) is 14.9. The van der Waals surface area contributed by atoms with Crippen LogP contribution in [0.2, 0.25) is 0 Å². The standard InChI is InChI=1S/C20H24N2O2S/c1-13(2)10-11-21-19(23)17-14-7-4-5-8-15(14)20(24)22(3)18(17)16-9-6-12-25-16/h4-9,12-13,17-18H,10-11H2,1-3H3,(H,21,23). The van der Waals surface area contributed by atoms with Crippen molar-refractivity contribution in [2.75, 3.05) is 13.6 Å². The molecule has 2 aromatic rings. The van der Waals surface area contributed by atoms with Gasteiger partial charge < -0.3 is 10.2 Å². The van der Waals surface area contributed by atoms with E-state index in [0.717, 1.165) is 16.9 Å². The Kier molecular flexibility index (Phi) is 5.23. The first-order chi connectivity index (χ1) is 12.0. The molecule has 2 amide bonds. The van der Waals surface area contributed by atoms with Gasteiger partial charge in [-0.05, 0) is 35.4 Å². The monoisotopic (exact) mass is 356 g/mol. The summed E-state index contributed by atoms with van der Waals surface area (Å²) in [7, 11) is 1.79. The summed E-state index contributed by atoms with van der Waals surface area (Å²) in [6.07, 6.45) is 0.943. The highest BCUT2D eigenvalue weighted by Gasteiger charge is 2.42. The summed E-state index contributed by atoms with van der Waals surface area (Å²) < 4.78 is 0. The van der Waals surface area contributed by atoms with E-state index in [2.05, 4.69) is 19.2 Å². The van der Waals surface area contributed by atoms with Crippen LogP contribution >= 0.6 is 11.3 Å². The highest BCUT2D eigenvalue weighted by Crippen LogP contribution is 2.43. The lowest BCUT2D eigenvalue weighted by atomic mass is 9.81. The lowest BCUT2D eigenvalue weighted by Crippen LogP contribution is -2.45. The zero-order valence-corrected chi connectivity index (χ0v) is 15.7. The Morgan fingerprint density at radius 2 is 2.00 bits per heavy atom. The van der Waals surface area contributed by atoms with E-state index < -0.39 is 0 Å². The summed E-state index contributed by atoms with van der Waals surface area (Å²) in [4.78, 5) is 28.6. The molecule has 0 saturated carbocycles. The van der Waals surface area contributed by atoms with Gasteiger partial charge in [0, 0.05) is 24.0 Å². The van der Waals surface area contributed by atoms with E-state index in [4.69, 9.17) is 0 Å². The highest BCUT2D eigenvalue weighted by atomic mass is 32.1. The molecule has 1 aromatic heterocycles. The van der Waals surface area contributed by atoms with Gasteiger partial charge in [0.1, 0.15) is 0 Å². The fraction of sp³-hybridized carbons (Fsp3) is 0.400. The van der Waals surface area contributed by atoms with Gasteiger partial charge in [0.05, 0.1) is 12.0 Å². The number of hydrogen-bond acceptors (Lipinski definition) is 3. The molecule has 1 aliphatic heterocycles. The van der Waals surface area contributed by atoms with E-state index in [0.29, 0.717) is 18.0 Å². The van der Waals surface area contributed by atoms with Crippen LogP contribution in [0.4, 0.5) is 0 Å². The van der Waals surface area contributed by atoms with Crippen LogP contribution in [0.5, 0.6) is 0 Å². The minimum Gasteiger partial charge on any atom is -0.355 e. The highest BCUT2D eigenvalue weighted by molar-refractivity contribution is 7.10. The molecule has 0 spiro atoms. The van der Waals surface area contributed by atoms with Crippen LogP contribution in [0.1, 0.15) is 53.0 Å². The molecule has 2 unspecified atom stereocenters. The van der Waals surface area contributed by atoms with E-state index >= 15 is 0 Å². The summed E-state index contributed by atoms with van der Waals surface area (Å²) in [5.41, 5.74) is 1.45. The third kappa shape index (κ3) is 3.47. The summed E-state index contributed by atoms with van der Waals surface area (Å²) in [6.45, 7) is 4.94. The van der Waals surface area contributed by atoms with Crippen molar-refractivity contribution in [2.45, 2.75) is 32.2 Å². The summed E-state index contributed by atoms with van der Waals surface area (Å²) in [5, 5.41) is 5.07. The van der Waals surface area contributed by atoms with Crippen LogP contribution in [0.15, 0.2) is 41.8 Å². The van der Waals surface area contributed by atoms with Crippen molar-refractivity contribution in [3.63, 3.8) is 0 Å². The molecule has 0 radical (unpaired) electrons. The maximum atomic E-state index is 13.1. The fourth-order valence-electron chi connectivity index (χ4n) is 3.37. The molecular weight excluding hydrogens is 332 g/mol. The number of thiophene rings is 1. The molecule has 0 bridgehead atoms. The number of fused-ring (bicyclic) bond motifs is 1. The lowest BCUT2D eigenvalue weighted by molar-refractivity contribution is -0.124. The largest absolute Gasteiger partial charge is 0.355 e. The van der Waals surface area contributed by atoms with Crippen molar-refractivity contribution >= 4 is 23.2 Å². The van der Waals surface area contributed by atoms with Gasteiger partial charge in [0.2, 0.25) is 5.91 Å². The first-order valence-corrected chi connectivity index (χ1v) is 9.56. The Balaban J connectivity index is 1.98.